The van der Waals surface area contributed by atoms with E-state index in [1.54, 1.807) is 0 Å². The van der Waals surface area contributed by atoms with Gasteiger partial charge in [-0.15, -0.1) is 0 Å². The maximum Gasteiger partial charge on any atom is 0.148 e. The van der Waals surface area contributed by atoms with Crippen molar-refractivity contribution in [3.05, 3.63) is 17.7 Å². The first-order valence-electron chi connectivity index (χ1n) is 8.35. The van der Waals surface area contributed by atoms with Crippen LogP contribution in [0.25, 0.3) is 0 Å². The fourth-order valence-electron chi connectivity index (χ4n) is 2.31. The molecule has 0 fully saturated rings. The van der Waals surface area contributed by atoms with Gasteiger partial charge in [0.05, 0.1) is 18.9 Å². The minimum atomic E-state index is 0.686. The van der Waals surface area contributed by atoms with Crippen LogP contribution in [0.3, 0.4) is 0 Å². The van der Waals surface area contributed by atoms with E-state index in [2.05, 4.69) is 13.8 Å². The molecule has 0 amide bonds. The van der Waals surface area contributed by atoms with E-state index in [1.165, 1.54) is 32.1 Å². The zero-order valence-corrected chi connectivity index (χ0v) is 13.9. The number of benzene rings is 1. The lowest BCUT2D eigenvalue weighted by atomic mass is 10.1. The molecule has 1 aromatic carbocycles. The molecule has 0 saturated carbocycles. The lowest BCUT2D eigenvalue weighted by molar-refractivity contribution is 0.291. The van der Waals surface area contributed by atoms with E-state index in [0.717, 1.165) is 36.5 Å². The Morgan fingerprint density at radius 2 is 1.57 bits per heavy atom. The van der Waals surface area contributed by atoms with Crippen LogP contribution < -0.4 is 15.2 Å². The van der Waals surface area contributed by atoms with E-state index in [1.807, 2.05) is 19.1 Å². The first-order chi connectivity index (χ1) is 10.2. The van der Waals surface area contributed by atoms with Gasteiger partial charge in [-0.3, -0.25) is 0 Å². The monoisotopic (exact) mass is 293 g/mol. The van der Waals surface area contributed by atoms with Crippen molar-refractivity contribution in [3.8, 4) is 11.5 Å². The fourth-order valence-corrected chi connectivity index (χ4v) is 2.31. The Morgan fingerprint density at radius 3 is 2.29 bits per heavy atom. The minimum absolute atomic E-state index is 0.686. The average Bonchev–Trinajstić information content (AvgIpc) is 2.48. The second-order valence-electron chi connectivity index (χ2n) is 5.57. The Morgan fingerprint density at radius 1 is 0.857 bits per heavy atom. The molecule has 120 valence electrons. The van der Waals surface area contributed by atoms with Gasteiger partial charge in [-0.05, 0) is 31.9 Å². The number of hydrogen-bond acceptors (Lipinski definition) is 3. The number of ether oxygens (including phenoxy) is 2. The summed E-state index contributed by atoms with van der Waals surface area (Å²) >= 11 is 0. The third-order valence-electron chi connectivity index (χ3n) is 3.59. The van der Waals surface area contributed by atoms with Crippen molar-refractivity contribution in [3.63, 3.8) is 0 Å². The Balaban J connectivity index is 2.41. The molecule has 0 aliphatic heterocycles. The van der Waals surface area contributed by atoms with E-state index in [0.29, 0.717) is 12.3 Å². The molecule has 0 radical (unpaired) electrons. The summed E-state index contributed by atoms with van der Waals surface area (Å²) in [5.74, 6) is 1.67. The molecule has 3 heteroatoms. The van der Waals surface area contributed by atoms with Crippen molar-refractivity contribution < 1.29 is 9.47 Å². The molecule has 0 spiro atoms. The Labute approximate surface area is 129 Å². The number of rotatable bonds is 11. The summed E-state index contributed by atoms with van der Waals surface area (Å²) in [7, 11) is 0. The first-order valence-corrected chi connectivity index (χ1v) is 8.35. The third-order valence-corrected chi connectivity index (χ3v) is 3.59. The molecule has 0 bridgehead atoms. The van der Waals surface area contributed by atoms with Gasteiger partial charge in [0, 0.05) is 5.56 Å². The summed E-state index contributed by atoms with van der Waals surface area (Å²) < 4.78 is 11.6. The van der Waals surface area contributed by atoms with E-state index >= 15 is 0 Å². The van der Waals surface area contributed by atoms with E-state index in [9.17, 15) is 0 Å². The largest absolute Gasteiger partial charge is 0.493 e. The molecule has 0 unspecified atom stereocenters. The normalized spacial score (nSPS) is 10.6. The molecule has 1 rings (SSSR count). The quantitative estimate of drug-likeness (QED) is 0.455. The fraction of sp³-hybridized carbons (Fsp3) is 0.667. The van der Waals surface area contributed by atoms with Gasteiger partial charge in [0.25, 0.3) is 0 Å². The summed E-state index contributed by atoms with van der Waals surface area (Å²) in [5.41, 5.74) is 7.67. The van der Waals surface area contributed by atoms with Crippen molar-refractivity contribution in [2.45, 2.75) is 65.7 Å². The molecule has 21 heavy (non-hydrogen) atoms. The average molecular weight is 293 g/mol. The maximum atomic E-state index is 5.97. The summed E-state index contributed by atoms with van der Waals surface area (Å²) in [5, 5.41) is 0. The molecule has 2 N–H and O–H groups in total. The summed E-state index contributed by atoms with van der Waals surface area (Å²) in [6, 6.07) is 3.81. The maximum absolute atomic E-state index is 5.97. The van der Waals surface area contributed by atoms with Gasteiger partial charge in [-0.2, -0.15) is 0 Å². The highest BCUT2D eigenvalue weighted by Crippen LogP contribution is 2.33. The SMILES string of the molecule is CCCCCCCCOc1ccc(N)c(OCCC)c1C. The van der Waals surface area contributed by atoms with Gasteiger partial charge in [-0.25, -0.2) is 0 Å². The van der Waals surface area contributed by atoms with Crippen molar-refractivity contribution in [1.82, 2.24) is 0 Å². The van der Waals surface area contributed by atoms with Crippen LogP contribution in [0.1, 0.15) is 64.4 Å². The molecule has 0 aromatic heterocycles. The van der Waals surface area contributed by atoms with Crippen LogP contribution in [-0.2, 0) is 0 Å². The smallest absolute Gasteiger partial charge is 0.148 e. The number of hydrogen-bond donors (Lipinski definition) is 1. The second-order valence-corrected chi connectivity index (χ2v) is 5.57. The van der Waals surface area contributed by atoms with Crippen LogP contribution in [0.4, 0.5) is 5.69 Å². The Hall–Kier alpha value is -1.38. The molecular formula is C18H31NO2. The number of nitrogen functional groups attached to an aromatic ring is 1. The standard InChI is InChI=1S/C18H31NO2/c1-4-6-7-8-9-10-14-20-17-12-11-16(19)18(15(17)3)21-13-5-2/h11-12H,4-10,13-14,19H2,1-3H3. The van der Waals surface area contributed by atoms with Crippen LogP contribution in [0.15, 0.2) is 12.1 Å². The molecule has 1 aromatic rings. The highest BCUT2D eigenvalue weighted by molar-refractivity contribution is 5.61. The van der Waals surface area contributed by atoms with E-state index < -0.39 is 0 Å². The molecular weight excluding hydrogens is 262 g/mol. The Kier molecular flexibility index (Phi) is 8.72. The lowest BCUT2D eigenvalue weighted by Crippen LogP contribution is -2.04. The number of nitrogens with two attached hydrogens (primary N) is 1. The molecule has 0 saturated heterocycles. The van der Waals surface area contributed by atoms with Crippen LogP contribution in [-0.4, -0.2) is 13.2 Å². The molecule has 0 aliphatic carbocycles. The van der Waals surface area contributed by atoms with Crippen molar-refractivity contribution in [1.29, 1.82) is 0 Å². The number of anilines is 1. The topological polar surface area (TPSA) is 44.5 Å². The van der Waals surface area contributed by atoms with Gasteiger partial charge >= 0.3 is 0 Å². The molecule has 0 aliphatic rings. The van der Waals surface area contributed by atoms with E-state index in [4.69, 9.17) is 15.2 Å². The third kappa shape index (κ3) is 6.28. The summed E-state index contributed by atoms with van der Waals surface area (Å²) in [6.45, 7) is 7.80. The van der Waals surface area contributed by atoms with Crippen LogP contribution >= 0.6 is 0 Å². The lowest BCUT2D eigenvalue weighted by Gasteiger charge is -2.15. The van der Waals surface area contributed by atoms with Crippen LogP contribution in [0.5, 0.6) is 11.5 Å². The minimum Gasteiger partial charge on any atom is -0.493 e. The summed E-state index contributed by atoms with van der Waals surface area (Å²) in [4.78, 5) is 0. The molecule has 0 atom stereocenters. The zero-order chi connectivity index (χ0) is 15.5. The molecule has 0 heterocycles. The van der Waals surface area contributed by atoms with Gasteiger partial charge in [0.15, 0.2) is 0 Å². The predicted octanol–water partition coefficient (Wildman–Crippen LogP) is 5.11. The van der Waals surface area contributed by atoms with Gasteiger partial charge in [0.1, 0.15) is 11.5 Å². The highest BCUT2D eigenvalue weighted by atomic mass is 16.5. The first kappa shape index (κ1) is 17.7. The van der Waals surface area contributed by atoms with Crippen molar-refractivity contribution >= 4 is 5.69 Å². The summed E-state index contributed by atoms with van der Waals surface area (Å²) in [6.07, 6.45) is 8.61. The van der Waals surface area contributed by atoms with Crippen molar-refractivity contribution in [2.24, 2.45) is 0 Å². The van der Waals surface area contributed by atoms with Crippen LogP contribution in [0.2, 0.25) is 0 Å². The predicted molar refractivity (Wildman–Crippen MR) is 90.2 cm³/mol. The van der Waals surface area contributed by atoms with Gasteiger partial charge in [0.2, 0.25) is 0 Å². The number of unbranched alkanes of at least 4 members (excludes halogenated alkanes) is 5. The van der Waals surface area contributed by atoms with E-state index in [-0.39, 0.29) is 0 Å². The van der Waals surface area contributed by atoms with Crippen molar-refractivity contribution in [2.75, 3.05) is 18.9 Å². The zero-order valence-electron chi connectivity index (χ0n) is 13.9. The van der Waals surface area contributed by atoms with Crippen LogP contribution in [0, 0.1) is 6.92 Å². The Bertz CT molecular complexity index is 404. The molecule has 3 nitrogen and oxygen atoms in total. The van der Waals surface area contributed by atoms with Gasteiger partial charge in [-0.1, -0.05) is 46.0 Å². The van der Waals surface area contributed by atoms with Gasteiger partial charge < -0.3 is 15.2 Å². The highest BCUT2D eigenvalue weighted by Gasteiger charge is 2.10. The second kappa shape index (κ2) is 10.4.